The summed E-state index contributed by atoms with van der Waals surface area (Å²) in [7, 11) is 0. The Morgan fingerprint density at radius 2 is 1.76 bits per heavy atom. The molecule has 0 atom stereocenters. The van der Waals surface area contributed by atoms with Crippen LogP contribution in [-0.2, 0) is 6.42 Å². The molecule has 0 bridgehead atoms. The average Bonchev–Trinajstić information content (AvgIpc) is 2.39. The molecule has 2 amide bonds. The number of benzene rings is 2. The van der Waals surface area contributed by atoms with E-state index in [9.17, 15) is 15.0 Å². The largest absolute Gasteiger partial charge is 0.508 e. The van der Waals surface area contributed by atoms with Crippen molar-refractivity contribution in [1.82, 2.24) is 0 Å². The third-order valence-electron chi connectivity index (χ3n) is 3.14. The maximum atomic E-state index is 12.0. The van der Waals surface area contributed by atoms with E-state index in [0.29, 0.717) is 5.69 Å². The van der Waals surface area contributed by atoms with Gasteiger partial charge in [-0.3, -0.25) is 0 Å². The Morgan fingerprint density at radius 1 is 1.10 bits per heavy atom. The lowest BCUT2D eigenvalue weighted by Gasteiger charge is -2.14. The number of urea groups is 1. The summed E-state index contributed by atoms with van der Waals surface area (Å²) >= 11 is 0. The van der Waals surface area contributed by atoms with Crippen molar-refractivity contribution in [2.45, 2.75) is 20.3 Å². The van der Waals surface area contributed by atoms with Crippen LogP contribution in [0.25, 0.3) is 0 Å². The van der Waals surface area contributed by atoms with Crippen LogP contribution >= 0.6 is 0 Å². The normalized spacial score (nSPS) is 10.2. The minimum Gasteiger partial charge on any atom is -0.508 e. The van der Waals surface area contributed by atoms with E-state index in [-0.39, 0.29) is 11.5 Å². The molecular weight excluding hydrogens is 268 g/mol. The van der Waals surface area contributed by atoms with Gasteiger partial charge < -0.3 is 20.8 Å². The smallest absolute Gasteiger partial charge is 0.323 e. The fraction of sp³-hybridized carbons (Fsp3) is 0.188. The topological polar surface area (TPSA) is 81.6 Å². The van der Waals surface area contributed by atoms with Gasteiger partial charge in [-0.05, 0) is 24.5 Å². The van der Waals surface area contributed by atoms with Crippen LogP contribution in [0.5, 0.6) is 11.5 Å². The van der Waals surface area contributed by atoms with E-state index < -0.39 is 6.03 Å². The summed E-state index contributed by atoms with van der Waals surface area (Å²) in [5, 5.41) is 24.2. The molecule has 0 aromatic heterocycles. The first-order chi connectivity index (χ1) is 9.99. The number of rotatable bonds is 3. The van der Waals surface area contributed by atoms with Gasteiger partial charge >= 0.3 is 6.03 Å². The van der Waals surface area contributed by atoms with Gasteiger partial charge in [0.1, 0.15) is 11.5 Å². The first-order valence-electron chi connectivity index (χ1n) is 6.69. The summed E-state index contributed by atoms with van der Waals surface area (Å²) in [6, 6.07) is 9.32. The van der Waals surface area contributed by atoms with Gasteiger partial charge in [-0.1, -0.05) is 25.1 Å². The van der Waals surface area contributed by atoms with Gasteiger partial charge in [0.05, 0.1) is 0 Å². The molecule has 0 heterocycles. The van der Waals surface area contributed by atoms with Crippen LogP contribution in [0.1, 0.15) is 18.1 Å². The monoisotopic (exact) mass is 286 g/mol. The van der Waals surface area contributed by atoms with Gasteiger partial charge in [-0.2, -0.15) is 0 Å². The molecule has 0 saturated heterocycles. The van der Waals surface area contributed by atoms with Crippen molar-refractivity contribution in [2.75, 3.05) is 10.6 Å². The second-order valence-corrected chi connectivity index (χ2v) is 4.78. The van der Waals surface area contributed by atoms with Crippen LogP contribution in [0.4, 0.5) is 16.2 Å². The van der Waals surface area contributed by atoms with Crippen LogP contribution in [-0.4, -0.2) is 16.2 Å². The summed E-state index contributed by atoms with van der Waals surface area (Å²) < 4.78 is 0. The highest BCUT2D eigenvalue weighted by Crippen LogP contribution is 2.25. The van der Waals surface area contributed by atoms with E-state index in [1.54, 1.807) is 0 Å². The van der Waals surface area contributed by atoms with Gasteiger partial charge in [0.2, 0.25) is 0 Å². The standard InChI is InChI=1S/C16H18N2O3/c1-3-11-6-4-5-10(2)15(11)18-16(21)17-12-7-13(19)9-14(20)8-12/h4-9,19-20H,3H2,1-2H3,(H2,17,18,21). The highest BCUT2D eigenvalue weighted by atomic mass is 16.3. The number of aryl methyl sites for hydroxylation is 2. The average molecular weight is 286 g/mol. The second kappa shape index (κ2) is 6.17. The Bertz CT molecular complexity index is 648. The summed E-state index contributed by atoms with van der Waals surface area (Å²) in [5.41, 5.74) is 3.12. The third kappa shape index (κ3) is 3.66. The van der Waals surface area contributed by atoms with Crippen molar-refractivity contribution in [3.8, 4) is 11.5 Å². The number of hydrogen-bond donors (Lipinski definition) is 4. The number of phenols is 2. The fourth-order valence-corrected chi connectivity index (χ4v) is 2.15. The van der Waals surface area contributed by atoms with Crippen LogP contribution in [0.15, 0.2) is 36.4 Å². The maximum absolute atomic E-state index is 12.0. The molecule has 5 heteroatoms. The molecule has 4 N–H and O–H groups in total. The SMILES string of the molecule is CCc1cccc(C)c1NC(=O)Nc1cc(O)cc(O)c1. The van der Waals surface area contributed by atoms with E-state index >= 15 is 0 Å². The van der Waals surface area contributed by atoms with Gasteiger partial charge in [0, 0.05) is 29.6 Å². The van der Waals surface area contributed by atoms with Crippen molar-refractivity contribution in [3.05, 3.63) is 47.5 Å². The predicted octanol–water partition coefficient (Wildman–Crippen LogP) is 3.61. The molecule has 110 valence electrons. The number of hydrogen-bond acceptors (Lipinski definition) is 3. The molecule has 0 radical (unpaired) electrons. The summed E-state index contributed by atoms with van der Waals surface area (Å²) in [6.45, 7) is 3.94. The third-order valence-corrected chi connectivity index (χ3v) is 3.14. The van der Waals surface area contributed by atoms with Crippen LogP contribution in [0.2, 0.25) is 0 Å². The Hall–Kier alpha value is -2.69. The minimum atomic E-state index is -0.427. The zero-order valence-electron chi connectivity index (χ0n) is 12.0. The van der Waals surface area contributed by atoms with E-state index in [2.05, 4.69) is 10.6 Å². The van der Waals surface area contributed by atoms with Crippen molar-refractivity contribution in [1.29, 1.82) is 0 Å². The fourth-order valence-electron chi connectivity index (χ4n) is 2.15. The molecule has 0 aliphatic rings. The van der Waals surface area contributed by atoms with Crippen molar-refractivity contribution in [2.24, 2.45) is 0 Å². The molecular formula is C16H18N2O3. The highest BCUT2D eigenvalue weighted by Gasteiger charge is 2.09. The Kier molecular flexibility index (Phi) is 4.33. The molecule has 2 aromatic rings. The number of para-hydroxylation sites is 1. The lowest BCUT2D eigenvalue weighted by molar-refractivity contribution is 0.262. The lowest BCUT2D eigenvalue weighted by atomic mass is 10.1. The Balaban J connectivity index is 2.15. The van der Waals surface area contributed by atoms with Crippen molar-refractivity contribution >= 4 is 17.4 Å². The molecule has 5 nitrogen and oxygen atoms in total. The van der Waals surface area contributed by atoms with Crippen LogP contribution in [0.3, 0.4) is 0 Å². The number of nitrogens with one attached hydrogen (secondary N) is 2. The van der Waals surface area contributed by atoms with Gasteiger partial charge in [-0.25, -0.2) is 4.79 Å². The number of aromatic hydroxyl groups is 2. The number of anilines is 2. The van der Waals surface area contributed by atoms with E-state index in [1.807, 2.05) is 32.0 Å². The van der Waals surface area contributed by atoms with Crippen LogP contribution in [0, 0.1) is 6.92 Å². The summed E-state index contributed by atoms with van der Waals surface area (Å²) in [6.07, 6.45) is 0.810. The molecule has 2 rings (SSSR count). The van der Waals surface area contributed by atoms with Gasteiger partial charge in [-0.15, -0.1) is 0 Å². The maximum Gasteiger partial charge on any atom is 0.323 e. The quantitative estimate of drug-likeness (QED) is 0.695. The van der Waals surface area contributed by atoms with Gasteiger partial charge in [0.15, 0.2) is 0 Å². The zero-order valence-corrected chi connectivity index (χ0v) is 12.0. The predicted molar refractivity (Wildman–Crippen MR) is 83.0 cm³/mol. The zero-order chi connectivity index (χ0) is 15.4. The number of phenolic OH excluding ortho intramolecular Hbond substituents is 2. The molecule has 0 aliphatic heterocycles. The van der Waals surface area contributed by atoms with E-state index in [4.69, 9.17) is 0 Å². The minimum absolute atomic E-state index is 0.115. The molecule has 0 aliphatic carbocycles. The number of carbonyl (C=O) groups excluding carboxylic acids is 1. The Morgan fingerprint density at radius 3 is 2.38 bits per heavy atom. The first-order valence-corrected chi connectivity index (χ1v) is 6.69. The lowest BCUT2D eigenvalue weighted by Crippen LogP contribution is -2.20. The van der Waals surface area contributed by atoms with Crippen LogP contribution < -0.4 is 10.6 Å². The van der Waals surface area contributed by atoms with E-state index in [1.165, 1.54) is 18.2 Å². The summed E-state index contributed by atoms with van der Waals surface area (Å²) in [4.78, 5) is 12.0. The molecule has 0 fully saturated rings. The summed E-state index contributed by atoms with van der Waals surface area (Å²) in [5.74, 6) is -0.231. The first kappa shape index (κ1) is 14.7. The van der Waals surface area contributed by atoms with E-state index in [0.717, 1.165) is 23.2 Å². The molecule has 21 heavy (non-hydrogen) atoms. The molecule has 0 saturated carbocycles. The number of carbonyl (C=O) groups is 1. The Labute approximate surface area is 123 Å². The molecule has 0 spiro atoms. The molecule has 0 unspecified atom stereocenters. The van der Waals surface area contributed by atoms with Crippen molar-refractivity contribution in [3.63, 3.8) is 0 Å². The van der Waals surface area contributed by atoms with Crippen molar-refractivity contribution < 1.29 is 15.0 Å². The van der Waals surface area contributed by atoms with Gasteiger partial charge in [0.25, 0.3) is 0 Å². The number of amides is 2. The highest BCUT2D eigenvalue weighted by molar-refractivity contribution is 6.01. The second-order valence-electron chi connectivity index (χ2n) is 4.78. The molecule has 2 aromatic carbocycles.